The lowest BCUT2D eigenvalue weighted by Gasteiger charge is -2.38. The highest BCUT2D eigenvalue weighted by Crippen LogP contribution is 2.29. The van der Waals surface area contributed by atoms with Crippen molar-refractivity contribution in [3.63, 3.8) is 0 Å². The zero-order valence-corrected chi connectivity index (χ0v) is 11.2. The van der Waals surface area contributed by atoms with Crippen LogP contribution in [-0.4, -0.2) is 49.2 Å². The molecule has 0 spiro atoms. The summed E-state index contributed by atoms with van der Waals surface area (Å²) in [6, 6.07) is 0.229. The molecule has 0 unspecified atom stereocenters. The van der Waals surface area contributed by atoms with Gasteiger partial charge in [0.15, 0.2) is 0 Å². The molecule has 0 aromatic rings. The molecule has 0 aromatic heterocycles. The number of hydrogen-bond acceptors (Lipinski definition) is 3. The molecule has 2 aliphatic rings. The summed E-state index contributed by atoms with van der Waals surface area (Å²) in [5.41, 5.74) is 5.50. The fraction of sp³-hybridized carbons (Fsp3) is 1.00. The van der Waals surface area contributed by atoms with E-state index in [0.717, 1.165) is 38.5 Å². The number of hydrogen-bond donors (Lipinski definition) is 1. The fourth-order valence-electron chi connectivity index (χ4n) is 2.48. The standard InChI is InChI=1S/C11H23N3O2S/c12-7-4-10-14(11-5-3-6-11)17(15,16)13-8-1-2-9-13/h11H,1-10,12H2. The van der Waals surface area contributed by atoms with E-state index in [-0.39, 0.29) is 6.04 Å². The maximum atomic E-state index is 12.5. The van der Waals surface area contributed by atoms with Crippen molar-refractivity contribution in [2.45, 2.75) is 44.6 Å². The van der Waals surface area contributed by atoms with Crippen LogP contribution in [0.3, 0.4) is 0 Å². The third kappa shape index (κ3) is 2.81. The van der Waals surface area contributed by atoms with Crippen molar-refractivity contribution in [1.29, 1.82) is 0 Å². The molecular weight excluding hydrogens is 238 g/mol. The van der Waals surface area contributed by atoms with Crippen LogP contribution in [0.1, 0.15) is 38.5 Å². The molecule has 0 aromatic carbocycles. The Labute approximate surface area is 104 Å². The zero-order chi connectivity index (χ0) is 12.3. The molecule has 5 nitrogen and oxygen atoms in total. The minimum Gasteiger partial charge on any atom is -0.330 e. The van der Waals surface area contributed by atoms with Crippen molar-refractivity contribution in [2.75, 3.05) is 26.2 Å². The first-order valence-corrected chi connectivity index (χ1v) is 8.03. The van der Waals surface area contributed by atoms with E-state index < -0.39 is 10.2 Å². The van der Waals surface area contributed by atoms with Crippen LogP contribution in [-0.2, 0) is 10.2 Å². The van der Waals surface area contributed by atoms with Crippen LogP contribution in [0.5, 0.6) is 0 Å². The third-order valence-corrected chi connectivity index (χ3v) is 5.84. The first kappa shape index (κ1) is 13.3. The van der Waals surface area contributed by atoms with Crippen LogP contribution in [0.4, 0.5) is 0 Å². The Morgan fingerprint density at radius 3 is 2.29 bits per heavy atom. The van der Waals surface area contributed by atoms with Crippen LogP contribution >= 0.6 is 0 Å². The van der Waals surface area contributed by atoms with Gasteiger partial charge in [-0.3, -0.25) is 0 Å². The van der Waals surface area contributed by atoms with E-state index in [1.807, 2.05) is 0 Å². The number of rotatable bonds is 6. The van der Waals surface area contributed by atoms with Gasteiger partial charge in [0.2, 0.25) is 0 Å². The molecule has 0 amide bonds. The van der Waals surface area contributed by atoms with Gasteiger partial charge < -0.3 is 5.73 Å². The van der Waals surface area contributed by atoms with Gasteiger partial charge in [0.1, 0.15) is 0 Å². The molecule has 6 heteroatoms. The summed E-state index contributed by atoms with van der Waals surface area (Å²) >= 11 is 0. The van der Waals surface area contributed by atoms with Crippen LogP contribution in [0.25, 0.3) is 0 Å². The monoisotopic (exact) mass is 261 g/mol. The Balaban J connectivity index is 2.06. The molecule has 1 saturated heterocycles. The average molecular weight is 261 g/mol. The molecule has 2 rings (SSSR count). The Morgan fingerprint density at radius 1 is 1.18 bits per heavy atom. The summed E-state index contributed by atoms with van der Waals surface area (Å²) in [5.74, 6) is 0. The molecule has 2 fully saturated rings. The Hall–Kier alpha value is -0.170. The van der Waals surface area contributed by atoms with Gasteiger partial charge in [0.25, 0.3) is 10.2 Å². The SMILES string of the molecule is NCCCN(C1CCC1)S(=O)(=O)N1CCCC1. The Kier molecular flexibility index (Phi) is 4.41. The molecule has 0 atom stereocenters. The van der Waals surface area contributed by atoms with E-state index >= 15 is 0 Å². The summed E-state index contributed by atoms with van der Waals surface area (Å²) in [5, 5.41) is 0. The number of nitrogens with zero attached hydrogens (tertiary/aromatic N) is 2. The quantitative estimate of drug-likeness (QED) is 0.758. The highest BCUT2D eigenvalue weighted by atomic mass is 32.2. The molecule has 2 N–H and O–H groups in total. The maximum absolute atomic E-state index is 12.5. The van der Waals surface area contributed by atoms with Gasteiger partial charge in [0.05, 0.1) is 0 Å². The molecule has 1 aliphatic carbocycles. The molecule has 17 heavy (non-hydrogen) atoms. The first-order valence-electron chi connectivity index (χ1n) is 6.63. The Morgan fingerprint density at radius 2 is 1.82 bits per heavy atom. The van der Waals surface area contributed by atoms with Crippen LogP contribution in [0.2, 0.25) is 0 Å². The smallest absolute Gasteiger partial charge is 0.282 e. The molecule has 100 valence electrons. The van der Waals surface area contributed by atoms with E-state index in [0.29, 0.717) is 26.2 Å². The van der Waals surface area contributed by atoms with E-state index in [4.69, 9.17) is 5.73 Å². The average Bonchev–Trinajstić information content (AvgIpc) is 2.74. The lowest BCUT2D eigenvalue weighted by molar-refractivity contribution is 0.206. The van der Waals surface area contributed by atoms with Gasteiger partial charge in [-0.1, -0.05) is 6.42 Å². The lowest BCUT2D eigenvalue weighted by Crippen LogP contribution is -2.50. The second-order valence-corrected chi connectivity index (χ2v) is 6.83. The van der Waals surface area contributed by atoms with Crippen molar-refractivity contribution >= 4 is 10.2 Å². The van der Waals surface area contributed by atoms with Gasteiger partial charge in [0, 0.05) is 25.7 Å². The second-order valence-electron chi connectivity index (χ2n) is 4.95. The van der Waals surface area contributed by atoms with Gasteiger partial charge in [-0.15, -0.1) is 0 Å². The van der Waals surface area contributed by atoms with E-state index in [1.165, 1.54) is 0 Å². The van der Waals surface area contributed by atoms with Crippen molar-refractivity contribution in [3.05, 3.63) is 0 Å². The minimum absolute atomic E-state index is 0.229. The van der Waals surface area contributed by atoms with Gasteiger partial charge in [-0.2, -0.15) is 17.0 Å². The van der Waals surface area contributed by atoms with Gasteiger partial charge in [-0.05, 0) is 38.6 Å². The normalized spacial score (nSPS) is 23.2. The predicted octanol–water partition coefficient (Wildman–Crippen LogP) is 0.530. The first-order chi connectivity index (χ1) is 8.16. The Bertz CT molecular complexity index is 335. The number of nitrogens with two attached hydrogens (primary N) is 1. The van der Waals surface area contributed by atoms with Crippen LogP contribution < -0.4 is 5.73 Å². The summed E-state index contributed by atoms with van der Waals surface area (Å²) in [4.78, 5) is 0. The van der Waals surface area contributed by atoms with Crippen molar-refractivity contribution in [2.24, 2.45) is 5.73 Å². The lowest BCUT2D eigenvalue weighted by atomic mass is 9.93. The second kappa shape index (κ2) is 5.65. The van der Waals surface area contributed by atoms with E-state index in [1.54, 1.807) is 8.61 Å². The summed E-state index contributed by atoms with van der Waals surface area (Å²) in [7, 11) is -3.22. The molecule has 1 aliphatic heterocycles. The van der Waals surface area contributed by atoms with Crippen molar-refractivity contribution in [3.8, 4) is 0 Å². The van der Waals surface area contributed by atoms with E-state index in [9.17, 15) is 8.42 Å². The molecule has 1 saturated carbocycles. The topological polar surface area (TPSA) is 66.6 Å². The van der Waals surface area contributed by atoms with Crippen LogP contribution in [0, 0.1) is 0 Å². The highest BCUT2D eigenvalue weighted by Gasteiger charge is 2.37. The molecule has 0 bridgehead atoms. The van der Waals surface area contributed by atoms with Gasteiger partial charge in [-0.25, -0.2) is 0 Å². The molecule has 0 radical (unpaired) electrons. The summed E-state index contributed by atoms with van der Waals surface area (Å²) in [6.45, 7) is 2.51. The summed E-state index contributed by atoms with van der Waals surface area (Å²) in [6.07, 6.45) is 5.92. The van der Waals surface area contributed by atoms with Crippen molar-refractivity contribution in [1.82, 2.24) is 8.61 Å². The van der Waals surface area contributed by atoms with Crippen LogP contribution in [0.15, 0.2) is 0 Å². The van der Waals surface area contributed by atoms with Crippen molar-refractivity contribution < 1.29 is 8.42 Å². The fourth-order valence-corrected chi connectivity index (χ4v) is 4.44. The molecule has 1 heterocycles. The predicted molar refractivity (Wildman–Crippen MR) is 67.7 cm³/mol. The van der Waals surface area contributed by atoms with Gasteiger partial charge >= 0.3 is 0 Å². The maximum Gasteiger partial charge on any atom is 0.282 e. The highest BCUT2D eigenvalue weighted by molar-refractivity contribution is 7.86. The van der Waals surface area contributed by atoms with E-state index in [2.05, 4.69) is 0 Å². The minimum atomic E-state index is -3.22. The third-order valence-electron chi connectivity index (χ3n) is 3.75. The zero-order valence-electron chi connectivity index (χ0n) is 10.3. The summed E-state index contributed by atoms with van der Waals surface area (Å²) < 4.78 is 28.3. The molecular formula is C11H23N3O2S. The largest absolute Gasteiger partial charge is 0.330 e.